The Morgan fingerprint density at radius 1 is 1.06 bits per heavy atom. The molecule has 2 aromatic carbocycles. The highest BCUT2D eigenvalue weighted by Crippen LogP contribution is 2.17. The fraction of sp³-hybridized carbons (Fsp3) is 0.304. The molecule has 8 nitrogen and oxygen atoms in total. The molecule has 0 aromatic heterocycles. The summed E-state index contributed by atoms with van der Waals surface area (Å²) in [5, 5.41) is 9.13. The Hall–Kier alpha value is -3.68. The third kappa shape index (κ3) is 8.30. The molecule has 0 saturated carbocycles. The zero-order valence-electron chi connectivity index (χ0n) is 18.0. The predicted octanol–water partition coefficient (Wildman–Crippen LogP) is 2.69. The van der Waals surface area contributed by atoms with Gasteiger partial charge in [0.1, 0.15) is 5.75 Å². The van der Waals surface area contributed by atoms with Crippen molar-refractivity contribution in [2.45, 2.75) is 33.6 Å². The third-order valence-electron chi connectivity index (χ3n) is 4.30. The van der Waals surface area contributed by atoms with Crippen LogP contribution in [-0.4, -0.2) is 37.1 Å². The average molecular weight is 425 g/mol. The maximum absolute atomic E-state index is 12.2. The first-order valence-corrected chi connectivity index (χ1v) is 10.1. The average Bonchev–Trinajstić information content (AvgIpc) is 2.75. The molecular formula is C23H28N4O4. The lowest BCUT2D eigenvalue weighted by Crippen LogP contribution is -2.38. The van der Waals surface area contributed by atoms with Gasteiger partial charge < -0.3 is 15.4 Å². The van der Waals surface area contributed by atoms with E-state index >= 15 is 0 Å². The first-order chi connectivity index (χ1) is 14.9. The molecule has 164 valence electrons. The molecule has 0 fully saturated rings. The molecular weight excluding hydrogens is 396 g/mol. The number of carbonyl (C=O) groups is 3. The fourth-order valence-corrected chi connectivity index (χ4v) is 2.57. The van der Waals surface area contributed by atoms with Crippen LogP contribution in [0.4, 0.5) is 5.69 Å². The van der Waals surface area contributed by atoms with E-state index in [1.807, 2.05) is 39.0 Å². The van der Waals surface area contributed by atoms with Crippen molar-refractivity contribution in [3.63, 3.8) is 0 Å². The molecule has 0 atom stereocenters. The van der Waals surface area contributed by atoms with Crippen molar-refractivity contribution >= 4 is 29.6 Å². The molecule has 0 bridgehead atoms. The van der Waals surface area contributed by atoms with E-state index in [0.717, 1.165) is 29.7 Å². The number of ether oxygens (including phenoxy) is 1. The van der Waals surface area contributed by atoms with E-state index in [2.05, 4.69) is 21.2 Å². The van der Waals surface area contributed by atoms with Gasteiger partial charge in [0.05, 0.1) is 6.21 Å². The zero-order valence-corrected chi connectivity index (χ0v) is 18.0. The molecule has 0 spiro atoms. The van der Waals surface area contributed by atoms with E-state index in [1.54, 1.807) is 24.3 Å². The molecule has 0 unspecified atom stereocenters. The number of hydrogen-bond acceptors (Lipinski definition) is 5. The Labute approximate surface area is 182 Å². The number of anilines is 1. The number of carbonyl (C=O) groups excluding carboxylic acids is 3. The maximum atomic E-state index is 12.2. The highest BCUT2D eigenvalue weighted by atomic mass is 16.5. The Bertz CT molecular complexity index is 956. The van der Waals surface area contributed by atoms with Gasteiger partial charge in [-0.15, -0.1) is 0 Å². The topological polar surface area (TPSA) is 109 Å². The van der Waals surface area contributed by atoms with Crippen molar-refractivity contribution < 1.29 is 19.1 Å². The van der Waals surface area contributed by atoms with Gasteiger partial charge in [0.25, 0.3) is 5.91 Å². The first-order valence-electron chi connectivity index (χ1n) is 10.1. The molecule has 3 amide bonds. The zero-order chi connectivity index (χ0) is 22.6. The van der Waals surface area contributed by atoms with Gasteiger partial charge in [0.15, 0.2) is 6.61 Å². The molecule has 0 radical (unpaired) electrons. The van der Waals surface area contributed by atoms with Crippen LogP contribution in [-0.2, 0) is 14.4 Å². The van der Waals surface area contributed by atoms with E-state index in [1.165, 1.54) is 6.21 Å². The summed E-state index contributed by atoms with van der Waals surface area (Å²) < 4.78 is 5.55. The Morgan fingerprint density at radius 3 is 2.65 bits per heavy atom. The summed E-state index contributed by atoms with van der Waals surface area (Å²) in [6, 6.07) is 12.7. The van der Waals surface area contributed by atoms with Gasteiger partial charge in [0, 0.05) is 12.2 Å². The second-order valence-corrected chi connectivity index (χ2v) is 7.04. The summed E-state index contributed by atoms with van der Waals surface area (Å²) in [6.45, 7) is 6.17. The molecule has 3 N–H and O–H groups in total. The molecule has 8 heteroatoms. The monoisotopic (exact) mass is 424 g/mol. The standard InChI is InChI=1S/C23H28N4O4/c1-4-5-11-24-22(29)23(30)27-25-14-18-7-6-8-19(13-18)31-15-21(28)26-20-12-16(2)9-10-17(20)3/h6-10,12-14H,4-5,11,15H2,1-3H3,(H,24,29)(H,26,28)(H,27,30)/b25-14-. The number of nitrogens with one attached hydrogen (secondary N) is 3. The van der Waals surface area contributed by atoms with Crippen LogP contribution < -0.4 is 20.8 Å². The van der Waals surface area contributed by atoms with Crippen LogP contribution in [0, 0.1) is 13.8 Å². The first kappa shape index (κ1) is 23.6. The summed E-state index contributed by atoms with van der Waals surface area (Å²) in [7, 11) is 0. The second-order valence-electron chi connectivity index (χ2n) is 7.04. The van der Waals surface area contributed by atoms with Crippen LogP contribution in [0.15, 0.2) is 47.6 Å². The lowest BCUT2D eigenvalue weighted by Gasteiger charge is -2.10. The minimum Gasteiger partial charge on any atom is -0.484 e. The molecule has 31 heavy (non-hydrogen) atoms. The quantitative estimate of drug-likeness (QED) is 0.249. The number of aryl methyl sites for hydroxylation is 2. The fourth-order valence-electron chi connectivity index (χ4n) is 2.57. The normalized spacial score (nSPS) is 10.5. The van der Waals surface area contributed by atoms with E-state index in [9.17, 15) is 14.4 Å². The number of benzene rings is 2. The molecule has 0 aliphatic carbocycles. The number of hydrazone groups is 1. The van der Waals surface area contributed by atoms with Crippen LogP contribution in [0.3, 0.4) is 0 Å². The minimum atomic E-state index is -0.831. The van der Waals surface area contributed by atoms with Gasteiger partial charge in [-0.3, -0.25) is 14.4 Å². The van der Waals surface area contributed by atoms with Crippen LogP contribution in [0.5, 0.6) is 5.75 Å². The third-order valence-corrected chi connectivity index (χ3v) is 4.30. The Morgan fingerprint density at radius 2 is 1.87 bits per heavy atom. The molecule has 0 saturated heterocycles. The van der Waals surface area contributed by atoms with Gasteiger partial charge in [-0.05, 0) is 55.2 Å². The van der Waals surface area contributed by atoms with Gasteiger partial charge in [-0.2, -0.15) is 5.10 Å². The smallest absolute Gasteiger partial charge is 0.329 e. The summed E-state index contributed by atoms with van der Waals surface area (Å²) in [5.41, 5.74) is 5.60. The van der Waals surface area contributed by atoms with Crippen molar-refractivity contribution in [1.82, 2.24) is 10.7 Å². The second kappa shape index (κ2) is 12.1. The van der Waals surface area contributed by atoms with Crippen LogP contribution in [0.2, 0.25) is 0 Å². The predicted molar refractivity (Wildman–Crippen MR) is 120 cm³/mol. The summed E-state index contributed by atoms with van der Waals surface area (Å²) in [5.74, 6) is -1.35. The summed E-state index contributed by atoms with van der Waals surface area (Å²) in [6.07, 6.45) is 3.11. The molecule has 0 aliphatic rings. The summed E-state index contributed by atoms with van der Waals surface area (Å²) in [4.78, 5) is 35.4. The van der Waals surface area contributed by atoms with Gasteiger partial charge in [-0.1, -0.05) is 37.6 Å². The lowest BCUT2D eigenvalue weighted by atomic mass is 10.1. The Kier molecular flexibility index (Phi) is 9.22. The van der Waals surface area contributed by atoms with E-state index < -0.39 is 11.8 Å². The SMILES string of the molecule is CCCCNC(=O)C(=O)N/N=C\c1cccc(OCC(=O)Nc2cc(C)ccc2C)c1. The van der Waals surface area contributed by atoms with E-state index in [4.69, 9.17) is 4.74 Å². The van der Waals surface area contributed by atoms with Gasteiger partial charge >= 0.3 is 11.8 Å². The number of unbranched alkanes of at least 4 members (excludes halogenated alkanes) is 1. The molecule has 0 aliphatic heterocycles. The molecule has 2 aromatic rings. The Balaban J connectivity index is 1.84. The van der Waals surface area contributed by atoms with Crippen molar-refractivity contribution in [3.8, 4) is 5.75 Å². The van der Waals surface area contributed by atoms with E-state index in [0.29, 0.717) is 17.9 Å². The van der Waals surface area contributed by atoms with Crippen LogP contribution >= 0.6 is 0 Å². The van der Waals surface area contributed by atoms with Crippen LogP contribution in [0.1, 0.15) is 36.5 Å². The highest BCUT2D eigenvalue weighted by molar-refractivity contribution is 6.35. The number of nitrogens with zero attached hydrogens (tertiary/aromatic N) is 1. The number of rotatable bonds is 9. The lowest BCUT2D eigenvalue weighted by molar-refractivity contribution is -0.139. The molecule has 0 heterocycles. The molecule has 2 rings (SSSR count). The van der Waals surface area contributed by atoms with Crippen LogP contribution in [0.25, 0.3) is 0 Å². The number of amides is 3. The largest absolute Gasteiger partial charge is 0.484 e. The van der Waals surface area contributed by atoms with Crippen molar-refractivity contribution in [2.75, 3.05) is 18.5 Å². The van der Waals surface area contributed by atoms with E-state index in [-0.39, 0.29) is 12.5 Å². The van der Waals surface area contributed by atoms with Crippen molar-refractivity contribution in [2.24, 2.45) is 5.10 Å². The number of hydrogen-bond donors (Lipinski definition) is 3. The maximum Gasteiger partial charge on any atom is 0.329 e. The van der Waals surface area contributed by atoms with Crippen molar-refractivity contribution in [1.29, 1.82) is 0 Å². The summed E-state index contributed by atoms with van der Waals surface area (Å²) >= 11 is 0. The minimum absolute atomic E-state index is 0.150. The van der Waals surface area contributed by atoms with Gasteiger partial charge in [0.2, 0.25) is 0 Å². The van der Waals surface area contributed by atoms with Gasteiger partial charge in [-0.25, -0.2) is 5.43 Å². The van der Waals surface area contributed by atoms with Crippen molar-refractivity contribution in [3.05, 3.63) is 59.2 Å². The highest BCUT2D eigenvalue weighted by Gasteiger charge is 2.11.